The summed E-state index contributed by atoms with van der Waals surface area (Å²) in [5, 5.41) is 12.4. The zero-order chi connectivity index (χ0) is 16.9. The molecular formula is C19H20FNO2S. The Kier molecular flexibility index (Phi) is 5.43. The van der Waals surface area contributed by atoms with Gasteiger partial charge in [0, 0.05) is 27.4 Å². The molecule has 5 heteroatoms. The summed E-state index contributed by atoms with van der Waals surface area (Å²) < 4.78 is 13.8. The molecule has 2 aromatic rings. The minimum Gasteiger partial charge on any atom is -0.393 e. The first-order chi connectivity index (χ1) is 11.6. The second-order valence-corrected chi connectivity index (χ2v) is 7.14. The molecule has 1 amide bonds. The van der Waals surface area contributed by atoms with Crippen LogP contribution in [0.1, 0.15) is 30.6 Å². The molecular weight excluding hydrogens is 325 g/mol. The first-order valence-corrected chi connectivity index (χ1v) is 8.95. The van der Waals surface area contributed by atoms with Crippen molar-refractivity contribution >= 4 is 23.3 Å². The van der Waals surface area contributed by atoms with Crippen molar-refractivity contribution in [1.29, 1.82) is 0 Å². The predicted molar refractivity (Wildman–Crippen MR) is 95.2 cm³/mol. The average Bonchev–Trinajstić information content (AvgIpc) is 3.04. The number of halogens is 1. The van der Waals surface area contributed by atoms with E-state index < -0.39 is 0 Å². The van der Waals surface area contributed by atoms with Crippen molar-refractivity contribution in [2.24, 2.45) is 0 Å². The summed E-state index contributed by atoms with van der Waals surface area (Å²) >= 11 is 1.45. The van der Waals surface area contributed by atoms with Crippen molar-refractivity contribution in [3.05, 3.63) is 53.2 Å². The van der Waals surface area contributed by atoms with Gasteiger partial charge < -0.3 is 10.4 Å². The normalized spacial score (nSPS) is 21.1. The van der Waals surface area contributed by atoms with Crippen LogP contribution < -0.4 is 5.32 Å². The number of carbonyl (C=O) groups is 1. The molecule has 3 nitrogen and oxygen atoms in total. The third-order valence-electron chi connectivity index (χ3n) is 4.21. The number of hydrogen-bond donors (Lipinski definition) is 2. The number of rotatable bonds is 4. The summed E-state index contributed by atoms with van der Waals surface area (Å²) in [6.07, 6.45) is 6.16. The van der Waals surface area contributed by atoms with E-state index in [0.29, 0.717) is 5.56 Å². The molecule has 1 heterocycles. The third-order valence-corrected chi connectivity index (χ3v) is 5.29. The second-order valence-electron chi connectivity index (χ2n) is 6.03. The van der Waals surface area contributed by atoms with Crippen LogP contribution in [0.4, 0.5) is 4.39 Å². The summed E-state index contributed by atoms with van der Waals surface area (Å²) in [4.78, 5) is 13.7. The Labute approximate surface area is 144 Å². The van der Waals surface area contributed by atoms with Gasteiger partial charge in [0.05, 0.1) is 6.10 Å². The molecule has 1 fully saturated rings. The number of amides is 1. The van der Waals surface area contributed by atoms with Gasteiger partial charge in [-0.05, 0) is 50.0 Å². The lowest BCUT2D eigenvalue weighted by atomic mass is 9.93. The number of aliphatic hydroxyl groups is 1. The molecule has 0 radical (unpaired) electrons. The van der Waals surface area contributed by atoms with Crippen LogP contribution in [0.3, 0.4) is 0 Å². The Morgan fingerprint density at radius 3 is 2.67 bits per heavy atom. The van der Waals surface area contributed by atoms with Gasteiger partial charge in [0.1, 0.15) is 5.82 Å². The molecule has 1 aliphatic rings. The van der Waals surface area contributed by atoms with E-state index in [1.807, 2.05) is 18.2 Å². The molecule has 2 N–H and O–H groups in total. The van der Waals surface area contributed by atoms with E-state index in [0.717, 1.165) is 35.4 Å². The van der Waals surface area contributed by atoms with Crippen LogP contribution in [0.15, 0.2) is 42.5 Å². The van der Waals surface area contributed by atoms with E-state index in [2.05, 4.69) is 5.32 Å². The summed E-state index contributed by atoms with van der Waals surface area (Å²) in [6, 6.07) is 10.6. The Hall–Kier alpha value is -1.98. The number of thiophene rings is 1. The Bertz CT molecular complexity index is 732. The van der Waals surface area contributed by atoms with Gasteiger partial charge in [-0.15, -0.1) is 11.3 Å². The molecule has 0 spiro atoms. The summed E-state index contributed by atoms with van der Waals surface area (Å²) in [7, 11) is 0. The standard InChI is InChI=1S/C19H20FNO2S/c20-17-4-2-1-3-16(17)18-11-9-15(24-18)10-12-19(23)21-13-5-7-14(22)8-6-13/h1-4,9-14,22H,5-8H2,(H,21,23)/b12-10+. The van der Waals surface area contributed by atoms with E-state index in [4.69, 9.17) is 0 Å². The number of hydrogen-bond acceptors (Lipinski definition) is 3. The van der Waals surface area contributed by atoms with Gasteiger partial charge in [0.2, 0.25) is 5.91 Å². The van der Waals surface area contributed by atoms with Gasteiger partial charge in [-0.25, -0.2) is 4.39 Å². The van der Waals surface area contributed by atoms with Crippen LogP contribution in [0.2, 0.25) is 0 Å². The van der Waals surface area contributed by atoms with Gasteiger partial charge in [-0.3, -0.25) is 4.79 Å². The van der Waals surface area contributed by atoms with E-state index in [-0.39, 0.29) is 23.9 Å². The second kappa shape index (κ2) is 7.73. The summed E-state index contributed by atoms with van der Waals surface area (Å²) in [6.45, 7) is 0. The molecule has 1 aliphatic carbocycles. The maximum atomic E-state index is 13.8. The molecule has 1 saturated carbocycles. The van der Waals surface area contributed by atoms with Crippen molar-refractivity contribution in [1.82, 2.24) is 5.32 Å². The van der Waals surface area contributed by atoms with E-state index in [1.54, 1.807) is 18.2 Å². The smallest absolute Gasteiger partial charge is 0.244 e. The van der Waals surface area contributed by atoms with Crippen LogP contribution in [-0.4, -0.2) is 23.2 Å². The lowest BCUT2D eigenvalue weighted by molar-refractivity contribution is -0.117. The molecule has 1 aromatic heterocycles. The highest BCUT2D eigenvalue weighted by Gasteiger charge is 2.19. The number of carbonyl (C=O) groups excluding carboxylic acids is 1. The minimum atomic E-state index is -0.243. The van der Waals surface area contributed by atoms with Crippen molar-refractivity contribution in [3.63, 3.8) is 0 Å². The Morgan fingerprint density at radius 1 is 1.17 bits per heavy atom. The van der Waals surface area contributed by atoms with Gasteiger partial charge in [-0.1, -0.05) is 18.2 Å². The van der Waals surface area contributed by atoms with E-state index in [9.17, 15) is 14.3 Å². The van der Waals surface area contributed by atoms with Crippen LogP contribution in [-0.2, 0) is 4.79 Å². The van der Waals surface area contributed by atoms with Crippen LogP contribution >= 0.6 is 11.3 Å². The largest absolute Gasteiger partial charge is 0.393 e. The molecule has 24 heavy (non-hydrogen) atoms. The van der Waals surface area contributed by atoms with Gasteiger partial charge in [0.15, 0.2) is 0 Å². The molecule has 126 valence electrons. The monoisotopic (exact) mass is 345 g/mol. The Balaban J connectivity index is 1.59. The summed E-state index contributed by atoms with van der Waals surface area (Å²) in [5.74, 6) is -0.371. The average molecular weight is 345 g/mol. The van der Waals surface area contributed by atoms with Crippen molar-refractivity contribution in [2.75, 3.05) is 0 Å². The number of benzene rings is 1. The minimum absolute atomic E-state index is 0.128. The zero-order valence-corrected chi connectivity index (χ0v) is 14.1. The lowest BCUT2D eigenvalue weighted by Crippen LogP contribution is -2.37. The maximum absolute atomic E-state index is 13.8. The fraction of sp³-hybridized carbons (Fsp3) is 0.316. The zero-order valence-electron chi connectivity index (χ0n) is 13.2. The quantitative estimate of drug-likeness (QED) is 0.823. The first-order valence-electron chi connectivity index (χ1n) is 8.13. The number of nitrogens with one attached hydrogen (secondary N) is 1. The van der Waals surface area contributed by atoms with Gasteiger partial charge in [-0.2, -0.15) is 0 Å². The molecule has 0 saturated heterocycles. The molecule has 3 rings (SSSR count). The highest BCUT2D eigenvalue weighted by atomic mass is 32.1. The molecule has 1 aromatic carbocycles. The van der Waals surface area contributed by atoms with Crippen LogP contribution in [0.25, 0.3) is 16.5 Å². The number of aliphatic hydroxyl groups excluding tert-OH is 1. The third kappa shape index (κ3) is 4.30. The van der Waals surface area contributed by atoms with Crippen LogP contribution in [0, 0.1) is 5.82 Å². The van der Waals surface area contributed by atoms with Crippen LogP contribution in [0.5, 0.6) is 0 Å². The first kappa shape index (κ1) is 16.9. The topological polar surface area (TPSA) is 49.3 Å². The van der Waals surface area contributed by atoms with Gasteiger partial charge in [0.25, 0.3) is 0 Å². The predicted octanol–water partition coefficient (Wildman–Crippen LogP) is 3.99. The SMILES string of the molecule is O=C(/C=C/c1ccc(-c2ccccc2F)s1)NC1CCC(O)CC1. The van der Waals surface area contributed by atoms with Crippen molar-refractivity contribution in [3.8, 4) is 10.4 Å². The Morgan fingerprint density at radius 2 is 1.92 bits per heavy atom. The molecule has 0 bridgehead atoms. The summed E-state index contributed by atoms with van der Waals surface area (Å²) in [5.41, 5.74) is 0.576. The highest BCUT2D eigenvalue weighted by Crippen LogP contribution is 2.30. The molecule has 0 unspecified atom stereocenters. The van der Waals surface area contributed by atoms with Crippen molar-refractivity contribution in [2.45, 2.75) is 37.8 Å². The molecule has 0 aliphatic heterocycles. The lowest BCUT2D eigenvalue weighted by Gasteiger charge is -2.25. The van der Waals surface area contributed by atoms with Crippen molar-refractivity contribution < 1.29 is 14.3 Å². The van der Waals surface area contributed by atoms with E-state index in [1.165, 1.54) is 23.5 Å². The fourth-order valence-electron chi connectivity index (χ4n) is 2.88. The van der Waals surface area contributed by atoms with E-state index >= 15 is 0 Å². The highest BCUT2D eigenvalue weighted by molar-refractivity contribution is 7.16. The van der Waals surface area contributed by atoms with Gasteiger partial charge >= 0.3 is 0 Å². The fourth-order valence-corrected chi connectivity index (χ4v) is 3.81. The molecule has 0 atom stereocenters. The maximum Gasteiger partial charge on any atom is 0.244 e.